The van der Waals surface area contributed by atoms with Crippen LogP contribution in [-0.2, 0) is 5.75 Å². The minimum atomic E-state index is -0.215. The highest BCUT2D eigenvalue weighted by Crippen LogP contribution is 2.31. The SMILES string of the molecule is CNC(=O)N(C)c1nnc(SCc2cccnc2Br)s1. The van der Waals surface area contributed by atoms with Crippen molar-refractivity contribution in [3.05, 3.63) is 28.5 Å². The summed E-state index contributed by atoms with van der Waals surface area (Å²) < 4.78 is 1.64. The third kappa shape index (κ3) is 3.68. The number of nitrogens with one attached hydrogen (secondary N) is 1. The van der Waals surface area contributed by atoms with Crippen LogP contribution in [0.2, 0.25) is 0 Å². The first kappa shape index (κ1) is 15.2. The number of pyridine rings is 1. The van der Waals surface area contributed by atoms with Gasteiger partial charge < -0.3 is 5.32 Å². The molecule has 2 heterocycles. The quantitative estimate of drug-likeness (QED) is 0.506. The lowest BCUT2D eigenvalue weighted by Crippen LogP contribution is -2.34. The molecule has 0 unspecified atom stereocenters. The van der Waals surface area contributed by atoms with Crippen molar-refractivity contribution in [3.63, 3.8) is 0 Å². The summed E-state index contributed by atoms with van der Waals surface area (Å²) in [5.41, 5.74) is 1.09. The van der Waals surface area contributed by atoms with Gasteiger partial charge in [0.15, 0.2) is 4.34 Å². The molecular formula is C11H12BrN5OS2. The molecule has 1 N–H and O–H groups in total. The first-order valence-electron chi connectivity index (χ1n) is 5.63. The molecular weight excluding hydrogens is 362 g/mol. The van der Waals surface area contributed by atoms with Gasteiger partial charge in [-0.25, -0.2) is 9.78 Å². The second-order valence-corrected chi connectivity index (χ2v) is 6.64. The Bertz CT molecular complexity index is 606. The molecule has 6 nitrogen and oxygen atoms in total. The van der Waals surface area contributed by atoms with Crippen molar-refractivity contribution in [2.45, 2.75) is 10.1 Å². The van der Waals surface area contributed by atoms with Crippen molar-refractivity contribution in [1.29, 1.82) is 0 Å². The average molecular weight is 374 g/mol. The number of hydrogen-bond donors (Lipinski definition) is 1. The number of amides is 2. The van der Waals surface area contributed by atoms with E-state index in [0.717, 1.165) is 20.3 Å². The maximum atomic E-state index is 11.5. The third-order valence-corrected chi connectivity index (χ3v) is 5.28. The second-order valence-electron chi connectivity index (χ2n) is 3.71. The Morgan fingerprint density at radius 3 is 3.05 bits per heavy atom. The Labute approximate surface area is 133 Å². The maximum absolute atomic E-state index is 11.5. The van der Waals surface area contributed by atoms with Crippen LogP contribution in [0.15, 0.2) is 27.3 Å². The highest BCUT2D eigenvalue weighted by molar-refractivity contribution is 9.10. The van der Waals surface area contributed by atoms with Crippen molar-refractivity contribution < 1.29 is 4.79 Å². The average Bonchev–Trinajstić information content (AvgIpc) is 2.93. The van der Waals surface area contributed by atoms with Crippen LogP contribution in [0.3, 0.4) is 0 Å². The summed E-state index contributed by atoms with van der Waals surface area (Å²) in [6.45, 7) is 0. The minimum absolute atomic E-state index is 0.215. The van der Waals surface area contributed by atoms with Crippen LogP contribution in [0.5, 0.6) is 0 Å². The molecule has 20 heavy (non-hydrogen) atoms. The largest absolute Gasteiger partial charge is 0.341 e. The van der Waals surface area contributed by atoms with Crippen LogP contribution in [0.25, 0.3) is 0 Å². The minimum Gasteiger partial charge on any atom is -0.341 e. The third-order valence-electron chi connectivity index (χ3n) is 2.39. The molecule has 2 aromatic rings. The molecule has 106 valence electrons. The number of anilines is 1. The van der Waals surface area contributed by atoms with Crippen molar-refractivity contribution in [3.8, 4) is 0 Å². The Morgan fingerprint density at radius 1 is 1.55 bits per heavy atom. The van der Waals surface area contributed by atoms with E-state index in [1.54, 1.807) is 32.1 Å². The summed E-state index contributed by atoms with van der Waals surface area (Å²) >= 11 is 6.35. The van der Waals surface area contributed by atoms with E-state index in [0.29, 0.717) is 5.13 Å². The summed E-state index contributed by atoms with van der Waals surface area (Å²) in [6, 6.07) is 3.68. The molecule has 9 heteroatoms. The van der Waals surface area contributed by atoms with E-state index < -0.39 is 0 Å². The zero-order valence-corrected chi connectivity index (χ0v) is 14.0. The standard InChI is InChI=1S/C11H12BrN5OS2/c1-13-9(18)17(2)10-15-16-11(20-10)19-6-7-4-3-5-14-8(7)12/h3-5H,6H2,1-2H3,(H,13,18). The number of carbonyl (C=O) groups is 1. The number of aromatic nitrogens is 3. The normalized spacial score (nSPS) is 10.3. The number of thioether (sulfide) groups is 1. The lowest BCUT2D eigenvalue weighted by Gasteiger charge is -2.11. The van der Waals surface area contributed by atoms with E-state index in [4.69, 9.17) is 0 Å². The lowest BCUT2D eigenvalue weighted by molar-refractivity contribution is 0.249. The molecule has 0 aliphatic rings. The molecule has 2 rings (SSSR count). The predicted octanol–water partition coefficient (Wildman–Crippen LogP) is 2.76. The Balaban J connectivity index is 2.00. The number of nitrogens with zero attached hydrogens (tertiary/aromatic N) is 4. The highest BCUT2D eigenvalue weighted by atomic mass is 79.9. The van der Waals surface area contributed by atoms with Crippen molar-refractivity contribution >= 4 is 50.2 Å². The first-order valence-corrected chi connectivity index (χ1v) is 8.22. The van der Waals surface area contributed by atoms with Gasteiger partial charge in [-0.15, -0.1) is 10.2 Å². The molecule has 2 amide bonds. The monoisotopic (exact) mass is 373 g/mol. The molecule has 0 atom stereocenters. The summed E-state index contributed by atoms with van der Waals surface area (Å²) in [5.74, 6) is 0.743. The van der Waals surface area contributed by atoms with Gasteiger partial charge in [0.25, 0.3) is 0 Å². The summed E-state index contributed by atoms with van der Waals surface area (Å²) in [4.78, 5) is 17.1. The highest BCUT2D eigenvalue weighted by Gasteiger charge is 2.14. The van der Waals surface area contributed by atoms with Crippen molar-refractivity contribution in [2.24, 2.45) is 0 Å². The van der Waals surface area contributed by atoms with Gasteiger partial charge in [0, 0.05) is 26.0 Å². The summed E-state index contributed by atoms with van der Waals surface area (Å²) in [6.07, 6.45) is 1.74. The predicted molar refractivity (Wildman–Crippen MR) is 84.3 cm³/mol. The zero-order chi connectivity index (χ0) is 14.5. The fourth-order valence-corrected chi connectivity index (χ4v) is 3.68. The number of halogens is 1. The first-order chi connectivity index (χ1) is 9.61. The van der Waals surface area contributed by atoms with E-state index >= 15 is 0 Å². The molecule has 0 fully saturated rings. The number of urea groups is 1. The number of rotatable bonds is 4. The Morgan fingerprint density at radius 2 is 2.35 bits per heavy atom. The molecule has 0 aliphatic heterocycles. The molecule has 0 aromatic carbocycles. The van der Waals surface area contributed by atoms with Gasteiger partial charge in [-0.3, -0.25) is 4.90 Å². The van der Waals surface area contributed by atoms with Crippen LogP contribution >= 0.6 is 39.0 Å². The molecule has 0 saturated heterocycles. The van der Waals surface area contributed by atoms with Crippen LogP contribution in [0.4, 0.5) is 9.93 Å². The molecule has 0 saturated carbocycles. The maximum Gasteiger partial charge on any atom is 0.323 e. The van der Waals surface area contributed by atoms with Gasteiger partial charge in [0.2, 0.25) is 5.13 Å². The molecule has 0 aliphatic carbocycles. The van der Waals surface area contributed by atoms with E-state index in [9.17, 15) is 4.79 Å². The molecule has 0 radical (unpaired) electrons. The van der Waals surface area contributed by atoms with Crippen LogP contribution < -0.4 is 10.2 Å². The molecule has 0 bridgehead atoms. The summed E-state index contributed by atoms with van der Waals surface area (Å²) in [7, 11) is 3.24. The van der Waals surface area contributed by atoms with Gasteiger partial charge in [0.1, 0.15) is 4.60 Å². The van der Waals surface area contributed by atoms with Gasteiger partial charge >= 0.3 is 6.03 Å². The molecule has 0 spiro atoms. The second kappa shape index (κ2) is 7.00. The van der Waals surface area contributed by atoms with Crippen LogP contribution in [-0.4, -0.2) is 35.3 Å². The fourth-order valence-electron chi connectivity index (χ4n) is 1.32. The Kier molecular flexibility index (Phi) is 5.32. The topological polar surface area (TPSA) is 71.0 Å². The van der Waals surface area contributed by atoms with E-state index in [1.807, 2.05) is 12.1 Å². The van der Waals surface area contributed by atoms with Gasteiger partial charge in [-0.2, -0.15) is 0 Å². The lowest BCUT2D eigenvalue weighted by atomic mass is 10.3. The van der Waals surface area contributed by atoms with E-state index in [1.165, 1.54) is 16.2 Å². The summed E-state index contributed by atoms with van der Waals surface area (Å²) in [5, 5.41) is 11.2. The number of carbonyl (C=O) groups excluding carboxylic acids is 1. The molecule has 2 aromatic heterocycles. The fraction of sp³-hybridized carbons (Fsp3) is 0.273. The van der Waals surface area contributed by atoms with Gasteiger partial charge in [-0.05, 0) is 27.6 Å². The van der Waals surface area contributed by atoms with Gasteiger partial charge in [-0.1, -0.05) is 29.2 Å². The Hall–Kier alpha value is -1.19. The smallest absolute Gasteiger partial charge is 0.323 e. The van der Waals surface area contributed by atoms with Crippen molar-refractivity contribution in [2.75, 3.05) is 19.0 Å². The van der Waals surface area contributed by atoms with Crippen molar-refractivity contribution in [1.82, 2.24) is 20.5 Å². The van der Waals surface area contributed by atoms with Crippen LogP contribution in [0.1, 0.15) is 5.56 Å². The van der Waals surface area contributed by atoms with E-state index in [-0.39, 0.29) is 6.03 Å². The number of hydrogen-bond acceptors (Lipinski definition) is 6. The zero-order valence-electron chi connectivity index (χ0n) is 10.8. The van der Waals surface area contributed by atoms with Crippen LogP contribution in [0, 0.1) is 0 Å². The van der Waals surface area contributed by atoms with Gasteiger partial charge in [0.05, 0.1) is 0 Å². The van der Waals surface area contributed by atoms with E-state index in [2.05, 4.69) is 36.4 Å².